The third kappa shape index (κ3) is 4.29. The normalized spacial score (nSPS) is 18.2. The van der Waals surface area contributed by atoms with Crippen molar-refractivity contribution in [1.29, 1.82) is 0 Å². The first-order chi connectivity index (χ1) is 18.8. The minimum atomic E-state index is -0.798. The van der Waals surface area contributed by atoms with Gasteiger partial charge in [-0.3, -0.25) is 9.69 Å². The Hall–Kier alpha value is -3.71. The lowest BCUT2D eigenvalue weighted by Gasteiger charge is -2.34. The van der Waals surface area contributed by atoms with E-state index in [1.807, 2.05) is 27.0 Å². The van der Waals surface area contributed by atoms with Crippen LogP contribution in [-0.4, -0.2) is 46.1 Å². The molecule has 39 heavy (non-hydrogen) atoms. The number of benzene rings is 3. The van der Waals surface area contributed by atoms with Crippen molar-refractivity contribution in [2.45, 2.75) is 52.1 Å². The van der Waals surface area contributed by atoms with Crippen molar-refractivity contribution in [3.63, 3.8) is 0 Å². The number of methoxy groups -OCH3 is 1. The van der Waals surface area contributed by atoms with Gasteiger partial charge in [-0.25, -0.2) is 4.68 Å². The second kappa shape index (κ2) is 9.79. The van der Waals surface area contributed by atoms with E-state index in [4.69, 9.17) is 9.47 Å². The van der Waals surface area contributed by atoms with Crippen LogP contribution in [0.25, 0.3) is 11.0 Å². The number of rotatable bonds is 5. The third-order valence-corrected chi connectivity index (χ3v) is 8.80. The zero-order chi connectivity index (χ0) is 27.3. The summed E-state index contributed by atoms with van der Waals surface area (Å²) in [6.45, 7) is 8.47. The van der Waals surface area contributed by atoms with Gasteiger partial charge in [-0.15, -0.1) is 5.10 Å². The number of aryl methyl sites for hydroxylation is 3. The van der Waals surface area contributed by atoms with E-state index in [2.05, 4.69) is 70.7 Å². The Morgan fingerprint density at radius 1 is 1.13 bits per heavy atom. The molecule has 1 aromatic heterocycles. The number of ether oxygens (including phenoxy) is 2. The number of nitrogens with zero attached hydrogens (tertiary/aromatic N) is 4. The Morgan fingerprint density at radius 2 is 1.95 bits per heavy atom. The molecule has 202 valence electrons. The van der Waals surface area contributed by atoms with Crippen molar-refractivity contribution in [3.05, 3.63) is 88.0 Å². The quantitative estimate of drug-likeness (QED) is 0.322. The van der Waals surface area contributed by atoms with Gasteiger partial charge in [0.15, 0.2) is 0 Å². The number of carbonyl (C=O) groups is 1. The lowest BCUT2D eigenvalue weighted by molar-refractivity contribution is -0.151. The molecule has 0 fully saturated rings. The monoisotopic (exact) mass is 524 g/mol. The molecule has 2 aliphatic rings. The van der Waals surface area contributed by atoms with Crippen molar-refractivity contribution in [2.24, 2.45) is 12.5 Å². The van der Waals surface area contributed by atoms with Gasteiger partial charge in [-0.2, -0.15) is 0 Å². The lowest BCUT2D eigenvalue weighted by Crippen LogP contribution is -2.34. The zero-order valence-corrected chi connectivity index (χ0v) is 23.4. The fourth-order valence-corrected chi connectivity index (χ4v) is 6.70. The molecule has 0 amide bonds. The summed E-state index contributed by atoms with van der Waals surface area (Å²) < 4.78 is 13.2. The van der Waals surface area contributed by atoms with Crippen molar-refractivity contribution >= 4 is 17.0 Å². The van der Waals surface area contributed by atoms with Crippen molar-refractivity contribution in [2.75, 3.05) is 20.3 Å². The molecule has 4 aromatic rings. The summed E-state index contributed by atoms with van der Waals surface area (Å²) in [5.74, 6) is 0.544. The molecule has 0 saturated carbocycles. The van der Waals surface area contributed by atoms with E-state index in [-0.39, 0.29) is 11.9 Å². The molecule has 0 saturated heterocycles. The van der Waals surface area contributed by atoms with Gasteiger partial charge in [-0.1, -0.05) is 47.7 Å². The van der Waals surface area contributed by atoms with Gasteiger partial charge in [0.1, 0.15) is 17.9 Å². The smallest absolute Gasteiger partial charge is 0.312 e. The van der Waals surface area contributed by atoms with Gasteiger partial charge in [0.05, 0.1) is 18.0 Å². The number of para-hydroxylation sites is 1. The molecule has 0 radical (unpaired) electrons. The highest BCUT2D eigenvalue weighted by molar-refractivity contribution is 5.82. The molecule has 0 bridgehead atoms. The summed E-state index contributed by atoms with van der Waals surface area (Å²) in [6.07, 6.45) is 2.13. The summed E-state index contributed by atoms with van der Waals surface area (Å²) in [6, 6.07) is 19.7. The fourth-order valence-electron chi connectivity index (χ4n) is 6.70. The van der Waals surface area contributed by atoms with E-state index < -0.39 is 5.41 Å². The van der Waals surface area contributed by atoms with Crippen LogP contribution in [0.1, 0.15) is 65.6 Å². The standard InChI is InChI=1S/C32H36N4O3/c1-20-24(13-15-27-30(20)33-34-35(27)4)29(32(2,3)31(37)38-5)22-11-10-21-12-14-26(25(21)18-22)36-16-17-39-28-9-7-6-8-23(28)19-36/h6-11,13,15,18,26,29H,12,14,16-17,19H2,1-5H3. The molecule has 0 spiro atoms. The summed E-state index contributed by atoms with van der Waals surface area (Å²) in [7, 11) is 3.37. The van der Waals surface area contributed by atoms with E-state index in [0.29, 0.717) is 12.6 Å². The summed E-state index contributed by atoms with van der Waals surface area (Å²) in [5, 5.41) is 8.67. The first-order valence-electron chi connectivity index (χ1n) is 13.7. The molecule has 2 atom stereocenters. The molecule has 3 aromatic carbocycles. The van der Waals surface area contributed by atoms with E-state index in [1.54, 1.807) is 4.68 Å². The fraction of sp³-hybridized carbons (Fsp3) is 0.406. The predicted molar refractivity (Wildman–Crippen MR) is 151 cm³/mol. The number of aromatic nitrogens is 3. The highest BCUT2D eigenvalue weighted by Crippen LogP contribution is 2.47. The van der Waals surface area contributed by atoms with Gasteiger partial charge in [0, 0.05) is 37.7 Å². The minimum Gasteiger partial charge on any atom is -0.492 e. The van der Waals surface area contributed by atoms with Crippen molar-refractivity contribution in [1.82, 2.24) is 19.9 Å². The molecular formula is C32H36N4O3. The van der Waals surface area contributed by atoms with Gasteiger partial charge < -0.3 is 9.47 Å². The largest absolute Gasteiger partial charge is 0.492 e. The van der Waals surface area contributed by atoms with Crippen molar-refractivity contribution in [3.8, 4) is 5.75 Å². The Bertz CT molecular complexity index is 1560. The average Bonchev–Trinajstić information content (AvgIpc) is 3.46. The van der Waals surface area contributed by atoms with E-state index >= 15 is 0 Å². The van der Waals surface area contributed by atoms with Crippen LogP contribution in [0.4, 0.5) is 0 Å². The SMILES string of the molecule is COC(=O)C(C)(C)C(c1ccc2c(c1)C(N1CCOc3ccccc3C1)CC2)c1ccc2c(nnn2C)c1C. The second-order valence-electron chi connectivity index (χ2n) is 11.4. The molecular weight excluding hydrogens is 488 g/mol. The highest BCUT2D eigenvalue weighted by atomic mass is 16.5. The average molecular weight is 525 g/mol. The number of esters is 1. The van der Waals surface area contributed by atoms with Crippen LogP contribution in [0.3, 0.4) is 0 Å². The third-order valence-electron chi connectivity index (χ3n) is 8.80. The van der Waals surface area contributed by atoms with Gasteiger partial charge in [0.2, 0.25) is 0 Å². The summed E-state index contributed by atoms with van der Waals surface area (Å²) >= 11 is 0. The molecule has 6 rings (SSSR count). The maximum atomic E-state index is 13.2. The Morgan fingerprint density at radius 3 is 2.77 bits per heavy atom. The zero-order valence-electron chi connectivity index (χ0n) is 23.4. The van der Waals surface area contributed by atoms with E-state index in [0.717, 1.165) is 59.4 Å². The van der Waals surface area contributed by atoms with Crippen LogP contribution in [0.2, 0.25) is 0 Å². The van der Waals surface area contributed by atoms with Gasteiger partial charge in [0.25, 0.3) is 0 Å². The molecule has 0 N–H and O–H groups in total. The van der Waals surface area contributed by atoms with Crippen LogP contribution in [0.15, 0.2) is 54.6 Å². The van der Waals surface area contributed by atoms with Gasteiger partial charge >= 0.3 is 5.97 Å². The number of carbonyl (C=O) groups excluding carboxylic acids is 1. The number of hydrogen-bond donors (Lipinski definition) is 0. The van der Waals surface area contributed by atoms with E-state index in [9.17, 15) is 4.79 Å². The Labute approximate surface area is 229 Å². The maximum absolute atomic E-state index is 13.2. The van der Waals surface area contributed by atoms with Crippen LogP contribution in [0, 0.1) is 12.3 Å². The molecule has 1 aliphatic heterocycles. The predicted octanol–water partition coefficient (Wildman–Crippen LogP) is 5.49. The molecule has 7 heteroatoms. The molecule has 7 nitrogen and oxygen atoms in total. The summed E-state index contributed by atoms with van der Waals surface area (Å²) in [5.41, 5.74) is 8.25. The Balaban J connectivity index is 1.44. The molecule has 2 heterocycles. The molecule has 1 aliphatic carbocycles. The number of fused-ring (bicyclic) bond motifs is 3. The Kier molecular flexibility index (Phi) is 6.42. The van der Waals surface area contributed by atoms with E-state index in [1.165, 1.54) is 23.8 Å². The first kappa shape index (κ1) is 25.6. The van der Waals surface area contributed by atoms with Crippen LogP contribution in [0.5, 0.6) is 5.75 Å². The van der Waals surface area contributed by atoms with Crippen LogP contribution in [-0.2, 0) is 29.5 Å². The van der Waals surface area contributed by atoms with Crippen LogP contribution < -0.4 is 4.74 Å². The first-order valence-corrected chi connectivity index (χ1v) is 13.7. The second-order valence-corrected chi connectivity index (χ2v) is 11.4. The van der Waals surface area contributed by atoms with Gasteiger partial charge in [-0.05, 0) is 73.6 Å². The maximum Gasteiger partial charge on any atom is 0.312 e. The highest BCUT2D eigenvalue weighted by Gasteiger charge is 2.42. The van der Waals surface area contributed by atoms with Crippen LogP contribution >= 0.6 is 0 Å². The molecule has 2 unspecified atom stereocenters. The topological polar surface area (TPSA) is 69.5 Å². The minimum absolute atomic E-state index is 0.212. The lowest BCUT2D eigenvalue weighted by atomic mass is 9.69. The number of hydrogen-bond acceptors (Lipinski definition) is 6. The summed E-state index contributed by atoms with van der Waals surface area (Å²) in [4.78, 5) is 15.8. The van der Waals surface area contributed by atoms with Crippen molar-refractivity contribution < 1.29 is 14.3 Å².